The van der Waals surface area contributed by atoms with Gasteiger partial charge in [-0.15, -0.1) is 11.8 Å². The predicted octanol–water partition coefficient (Wildman–Crippen LogP) is 3.32. The van der Waals surface area contributed by atoms with Crippen LogP contribution in [-0.2, 0) is 0 Å². The van der Waals surface area contributed by atoms with Gasteiger partial charge in [-0.2, -0.15) is 0 Å². The monoisotopic (exact) mass is 288 g/mol. The van der Waals surface area contributed by atoms with Crippen molar-refractivity contribution in [3.8, 4) is 11.5 Å². The Morgan fingerprint density at radius 1 is 1.10 bits per heavy atom. The van der Waals surface area contributed by atoms with Crippen LogP contribution in [0.25, 0.3) is 0 Å². The summed E-state index contributed by atoms with van der Waals surface area (Å²) >= 11 is 1.68. The molecule has 104 valence electrons. The highest BCUT2D eigenvalue weighted by Gasteiger charge is 2.35. The van der Waals surface area contributed by atoms with Crippen LogP contribution in [0.15, 0.2) is 47.4 Å². The number of aromatic hydroxyl groups is 1. The third kappa shape index (κ3) is 2.05. The fourth-order valence-electron chi connectivity index (χ4n) is 2.68. The highest BCUT2D eigenvalue weighted by molar-refractivity contribution is 8.00. The van der Waals surface area contributed by atoms with Gasteiger partial charge in [-0.3, -0.25) is 0 Å². The Labute approximate surface area is 122 Å². The number of phenols is 1. The normalized spacial score (nSPS) is 20.7. The fraction of sp³-hybridized carbons (Fsp3) is 0.250. The van der Waals surface area contributed by atoms with Crippen LogP contribution in [0.1, 0.15) is 22.3 Å². The van der Waals surface area contributed by atoms with Crippen molar-refractivity contribution in [1.82, 2.24) is 0 Å². The topological polar surface area (TPSA) is 49.7 Å². The lowest BCUT2D eigenvalue weighted by atomic mass is 9.92. The number of benzene rings is 2. The summed E-state index contributed by atoms with van der Waals surface area (Å²) in [4.78, 5) is 1.17. The molecule has 0 aromatic heterocycles. The summed E-state index contributed by atoms with van der Waals surface area (Å²) in [7, 11) is 1.54. The Morgan fingerprint density at radius 2 is 1.85 bits per heavy atom. The van der Waals surface area contributed by atoms with Crippen molar-refractivity contribution in [1.29, 1.82) is 0 Å². The second kappa shape index (κ2) is 5.38. The quantitative estimate of drug-likeness (QED) is 0.909. The van der Waals surface area contributed by atoms with Crippen molar-refractivity contribution in [2.75, 3.05) is 13.7 Å². The van der Waals surface area contributed by atoms with E-state index in [1.54, 1.807) is 24.9 Å². The smallest absolute Gasteiger partial charge is 0.162 e. The van der Waals surface area contributed by atoms with Crippen LogP contribution in [-0.4, -0.2) is 23.9 Å². The molecule has 0 bridgehead atoms. The number of fused-ring (bicyclic) bond motifs is 1. The lowest BCUT2D eigenvalue weighted by Crippen LogP contribution is -2.08. The SMILES string of the molecule is COc1cccc(C2Sc3ccccc3C2CO)c1O. The summed E-state index contributed by atoms with van der Waals surface area (Å²) in [5.74, 6) is 0.628. The molecule has 2 aromatic carbocycles. The maximum absolute atomic E-state index is 10.3. The van der Waals surface area contributed by atoms with Gasteiger partial charge in [-0.05, 0) is 17.7 Å². The van der Waals surface area contributed by atoms with Gasteiger partial charge in [0.15, 0.2) is 11.5 Å². The fourth-order valence-corrected chi connectivity index (χ4v) is 4.18. The third-order valence-corrected chi connectivity index (χ3v) is 5.15. The zero-order valence-electron chi connectivity index (χ0n) is 11.1. The molecule has 4 heteroatoms. The van der Waals surface area contributed by atoms with Crippen LogP contribution in [0.4, 0.5) is 0 Å². The Bertz CT molecular complexity index is 627. The van der Waals surface area contributed by atoms with E-state index < -0.39 is 0 Å². The number of aliphatic hydroxyl groups excluding tert-OH is 1. The number of methoxy groups -OCH3 is 1. The highest BCUT2D eigenvalue weighted by atomic mass is 32.2. The lowest BCUT2D eigenvalue weighted by Gasteiger charge is -2.19. The minimum absolute atomic E-state index is 0.00536. The van der Waals surface area contributed by atoms with Gasteiger partial charge < -0.3 is 14.9 Å². The highest BCUT2D eigenvalue weighted by Crippen LogP contribution is 2.56. The van der Waals surface area contributed by atoms with Gasteiger partial charge in [0.2, 0.25) is 0 Å². The second-order valence-electron chi connectivity index (χ2n) is 4.76. The second-order valence-corrected chi connectivity index (χ2v) is 5.95. The summed E-state index contributed by atoms with van der Waals surface area (Å²) < 4.78 is 5.17. The molecule has 2 aromatic rings. The minimum atomic E-state index is -0.00536. The predicted molar refractivity (Wildman–Crippen MR) is 79.5 cm³/mol. The Hall–Kier alpha value is -1.65. The van der Waals surface area contributed by atoms with Crippen LogP contribution >= 0.6 is 11.8 Å². The van der Waals surface area contributed by atoms with E-state index in [9.17, 15) is 10.2 Å². The molecule has 0 aliphatic carbocycles. The number of phenolic OH excluding ortho intramolecular Hbond substituents is 1. The Kier molecular flexibility index (Phi) is 3.59. The molecule has 2 atom stereocenters. The maximum atomic E-state index is 10.3. The molecule has 1 heterocycles. The number of para-hydroxylation sites is 1. The number of rotatable bonds is 3. The molecule has 3 rings (SSSR count). The van der Waals surface area contributed by atoms with Crippen molar-refractivity contribution in [2.45, 2.75) is 16.1 Å². The summed E-state index contributed by atoms with van der Waals surface area (Å²) in [6, 6.07) is 13.6. The number of hydrogen-bond donors (Lipinski definition) is 2. The van der Waals surface area contributed by atoms with Crippen LogP contribution < -0.4 is 4.74 Å². The van der Waals surface area contributed by atoms with Crippen molar-refractivity contribution in [3.05, 3.63) is 53.6 Å². The summed E-state index contributed by atoms with van der Waals surface area (Å²) in [6.07, 6.45) is 0. The molecule has 1 aliphatic heterocycles. The van der Waals surface area contributed by atoms with E-state index in [1.165, 1.54) is 4.90 Å². The zero-order chi connectivity index (χ0) is 14.1. The van der Waals surface area contributed by atoms with Gasteiger partial charge in [0, 0.05) is 21.6 Å². The Morgan fingerprint density at radius 3 is 2.60 bits per heavy atom. The first-order valence-electron chi connectivity index (χ1n) is 6.48. The van der Waals surface area contributed by atoms with E-state index in [0.717, 1.165) is 11.1 Å². The average Bonchev–Trinajstić information content (AvgIpc) is 2.85. The molecule has 0 radical (unpaired) electrons. The number of thioether (sulfide) groups is 1. The van der Waals surface area contributed by atoms with Crippen molar-refractivity contribution >= 4 is 11.8 Å². The van der Waals surface area contributed by atoms with E-state index in [-0.39, 0.29) is 23.5 Å². The average molecular weight is 288 g/mol. The van der Waals surface area contributed by atoms with Crippen LogP contribution in [0.2, 0.25) is 0 Å². The molecule has 0 saturated heterocycles. The van der Waals surface area contributed by atoms with Crippen LogP contribution in [0.3, 0.4) is 0 Å². The third-order valence-electron chi connectivity index (χ3n) is 3.69. The first kappa shape index (κ1) is 13.3. The van der Waals surface area contributed by atoms with Gasteiger partial charge in [-0.25, -0.2) is 0 Å². The van der Waals surface area contributed by atoms with E-state index >= 15 is 0 Å². The number of ether oxygens (including phenoxy) is 1. The van der Waals surface area contributed by atoms with Crippen molar-refractivity contribution < 1.29 is 14.9 Å². The van der Waals surface area contributed by atoms with Gasteiger partial charge in [-0.1, -0.05) is 30.3 Å². The van der Waals surface area contributed by atoms with Gasteiger partial charge in [0.1, 0.15) is 0 Å². The van der Waals surface area contributed by atoms with E-state index in [4.69, 9.17) is 4.74 Å². The molecule has 3 nitrogen and oxygen atoms in total. The van der Waals surface area contributed by atoms with Gasteiger partial charge in [0.25, 0.3) is 0 Å². The molecule has 0 spiro atoms. The van der Waals surface area contributed by atoms with Crippen LogP contribution in [0.5, 0.6) is 11.5 Å². The molecule has 20 heavy (non-hydrogen) atoms. The molecule has 0 fully saturated rings. The Balaban J connectivity index is 2.04. The molecule has 0 amide bonds. The lowest BCUT2D eigenvalue weighted by molar-refractivity contribution is 0.263. The first-order valence-corrected chi connectivity index (χ1v) is 7.36. The molecular formula is C16H16O3S. The molecule has 1 aliphatic rings. The molecule has 0 saturated carbocycles. The first-order chi connectivity index (χ1) is 9.76. The minimum Gasteiger partial charge on any atom is -0.504 e. The largest absolute Gasteiger partial charge is 0.504 e. The van der Waals surface area contributed by atoms with Crippen LogP contribution in [0, 0.1) is 0 Å². The van der Waals surface area contributed by atoms with E-state index in [2.05, 4.69) is 6.07 Å². The molecular weight excluding hydrogens is 272 g/mol. The zero-order valence-corrected chi connectivity index (χ0v) is 11.9. The summed E-state index contributed by atoms with van der Waals surface area (Å²) in [5.41, 5.74) is 1.96. The molecule has 2 unspecified atom stereocenters. The van der Waals surface area contributed by atoms with Crippen molar-refractivity contribution in [3.63, 3.8) is 0 Å². The maximum Gasteiger partial charge on any atom is 0.162 e. The van der Waals surface area contributed by atoms with Gasteiger partial charge in [0.05, 0.1) is 13.7 Å². The summed E-state index contributed by atoms with van der Waals surface area (Å²) in [5, 5.41) is 20.1. The van der Waals surface area contributed by atoms with Crippen molar-refractivity contribution in [2.24, 2.45) is 0 Å². The number of hydrogen-bond acceptors (Lipinski definition) is 4. The summed E-state index contributed by atoms with van der Waals surface area (Å²) in [6.45, 7) is 0.0608. The molecule has 2 N–H and O–H groups in total. The number of aliphatic hydroxyl groups is 1. The van der Waals surface area contributed by atoms with Gasteiger partial charge >= 0.3 is 0 Å². The standard InChI is InChI=1S/C16H16O3S/c1-19-13-7-4-6-11(15(13)18)16-12(9-17)10-5-2-3-8-14(10)20-16/h2-8,12,16-18H,9H2,1H3. The van der Waals surface area contributed by atoms with E-state index in [1.807, 2.05) is 30.3 Å². The van der Waals surface area contributed by atoms with E-state index in [0.29, 0.717) is 5.75 Å².